The van der Waals surface area contributed by atoms with E-state index < -0.39 is 0 Å². The molecule has 0 spiro atoms. The Labute approximate surface area is 253 Å². The van der Waals surface area contributed by atoms with Crippen LogP contribution in [0.5, 0.6) is 0 Å². The highest BCUT2D eigenvalue weighted by Gasteiger charge is 2.25. The van der Waals surface area contributed by atoms with Gasteiger partial charge in [-0.1, -0.05) is 46.4 Å². The first kappa shape index (κ1) is 27.1. The number of hydrogen-bond acceptors (Lipinski definition) is 10. The molecule has 12 nitrogen and oxygen atoms in total. The van der Waals surface area contributed by atoms with Crippen LogP contribution in [0.25, 0.3) is 34.2 Å². The molecular formula is C22H14Cl4N12S2. The lowest BCUT2D eigenvalue weighted by molar-refractivity contribution is 0.630. The Morgan fingerprint density at radius 2 is 1.05 bits per heavy atom. The van der Waals surface area contributed by atoms with Crippen LogP contribution in [0.1, 0.15) is 0 Å². The number of hydrogen-bond donors (Lipinski definition) is 0. The molecule has 0 fully saturated rings. The van der Waals surface area contributed by atoms with Crippen LogP contribution in [0.4, 0.5) is 0 Å². The lowest BCUT2D eigenvalue weighted by atomic mass is 10.3. The van der Waals surface area contributed by atoms with Crippen LogP contribution in [0.3, 0.4) is 0 Å². The molecule has 0 atom stereocenters. The number of nitrogens with zero attached hydrogens (tertiary/aromatic N) is 12. The molecule has 4 aromatic heterocycles. The first-order chi connectivity index (χ1) is 19.3. The molecule has 0 bridgehead atoms. The quantitative estimate of drug-likeness (QED) is 0.194. The Balaban J connectivity index is 1.49. The second kappa shape index (κ2) is 11.0. The first-order valence-corrected chi connectivity index (χ1v) is 14.8. The summed E-state index contributed by atoms with van der Waals surface area (Å²) in [6.07, 6.45) is 3.29. The number of rotatable bonds is 7. The van der Waals surface area contributed by atoms with Crippen LogP contribution >= 0.6 is 68.0 Å². The number of aromatic nitrogens is 12. The highest BCUT2D eigenvalue weighted by molar-refractivity contribution is 8.76. The molecule has 18 heteroatoms. The van der Waals surface area contributed by atoms with Gasteiger partial charge in [-0.3, -0.25) is 0 Å². The summed E-state index contributed by atoms with van der Waals surface area (Å²) in [6.45, 7) is 0. The normalized spacial score (nSPS) is 11.4. The van der Waals surface area contributed by atoms with Crippen molar-refractivity contribution in [2.24, 2.45) is 14.1 Å². The molecule has 202 valence electrons. The van der Waals surface area contributed by atoms with Crippen LogP contribution in [0.15, 0.2) is 58.8 Å². The van der Waals surface area contributed by atoms with Gasteiger partial charge in [0.05, 0.1) is 59.0 Å². The van der Waals surface area contributed by atoms with E-state index in [0.29, 0.717) is 64.3 Å². The van der Waals surface area contributed by atoms with Crippen molar-refractivity contribution in [1.29, 1.82) is 0 Å². The van der Waals surface area contributed by atoms with Crippen molar-refractivity contribution in [3.63, 3.8) is 0 Å². The van der Waals surface area contributed by atoms with Gasteiger partial charge in [0.15, 0.2) is 0 Å². The average Bonchev–Trinajstić information content (AvgIpc) is 3.72. The zero-order chi connectivity index (χ0) is 28.0. The molecule has 0 unspecified atom stereocenters. The highest BCUT2D eigenvalue weighted by atomic mass is 35.5. The van der Waals surface area contributed by atoms with E-state index in [0.717, 1.165) is 0 Å². The fourth-order valence-corrected chi connectivity index (χ4v) is 6.87. The first-order valence-electron chi connectivity index (χ1n) is 11.2. The van der Waals surface area contributed by atoms with E-state index in [1.165, 1.54) is 31.2 Å². The van der Waals surface area contributed by atoms with Crippen molar-refractivity contribution < 1.29 is 0 Å². The summed E-state index contributed by atoms with van der Waals surface area (Å²) in [7, 11) is 6.10. The maximum atomic E-state index is 6.56. The minimum Gasteiger partial charge on any atom is -0.224 e. The predicted molar refractivity (Wildman–Crippen MR) is 154 cm³/mol. The minimum absolute atomic E-state index is 0.386. The molecule has 4 heterocycles. The summed E-state index contributed by atoms with van der Waals surface area (Å²) in [6, 6.07) is 10.3. The van der Waals surface area contributed by atoms with Gasteiger partial charge in [0.1, 0.15) is 10.1 Å². The fourth-order valence-electron chi connectivity index (χ4n) is 3.64. The summed E-state index contributed by atoms with van der Waals surface area (Å²) in [5, 5.41) is 37.4. The Morgan fingerprint density at radius 1 is 0.625 bits per heavy atom. The molecule has 0 saturated carbocycles. The Hall–Kier alpha value is -3.14. The Kier molecular flexibility index (Phi) is 7.46. The standard InChI is InChI=1S/C22H14Cl4N12S2/c1-35-31-19(29-33-35)13-9-27-37(17-7-11(23)3-5-15(17)25)21(13)39-40-22-14(20-30-34-36(2)32-20)10-28-38(22)18-8-12(24)4-6-16(18)26/h3-10H,1-2H3. The third kappa shape index (κ3) is 5.18. The van der Waals surface area contributed by atoms with Crippen LogP contribution in [-0.4, -0.2) is 60.0 Å². The fraction of sp³-hybridized carbons (Fsp3) is 0.0909. The van der Waals surface area contributed by atoms with E-state index in [1.807, 2.05) is 0 Å². The van der Waals surface area contributed by atoms with E-state index >= 15 is 0 Å². The maximum absolute atomic E-state index is 6.56. The van der Waals surface area contributed by atoms with Gasteiger partial charge >= 0.3 is 0 Å². The summed E-state index contributed by atoms with van der Waals surface area (Å²) < 4.78 is 3.34. The molecule has 2 aromatic carbocycles. The van der Waals surface area contributed by atoms with Crippen molar-refractivity contribution >= 4 is 68.0 Å². The minimum atomic E-state index is 0.386. The Morgan fingerprint density at radius 3 is 1.43 bits per heavy atom. The van der Waals surface area contributed by atoms with E-state index in [4.69, 9.17) is 46.4 Å². The van der Waals surface area contributed by atoms with E-state index in [1.54, 1.807) is 72.3 Å². The van der Waals surface area contributed by atoms with Crippen molar-refractivity contribution in [2.45, 2.75) is 10.1 Å². The molecule has 40 heavy (non-hydrogen) atoms. The predicted octanol–water partition coefficient (Wildman–Crippen LogP) is 5.85. The lowest BCUT2D eigenvalue weighted by Crippen LogP contribution is -2.01. The average molecular weight is 652 g/mol. The van der Waals surface area contributed by atoms with Crippen LogP contribution in [-0.2, 0) is 14.1 Å². The summed E-state index contributed by atoms with van der Waals surface area (Å²) in [4.78, 5) is 2.74. The van der Waals surface area contributed by atoms with E-state index in [-0.39, 0.29) is 0 Å². The maximum Gasteiger partial charge on any atom is 0.209 e. The van der Waals surface area contributed by atoms with Gasteiger partial charge in [-0.25, -0.2) is 9.36 Å². The molecule has 0 aliphatic rings. The second-order valence-corrected chi connectivity index (χ2v) is 11.9. The largest absolute Gasteiger partial charge is 0.224 e. The second-order valence-electron chi connectivity index (χ2n) is 8.11. The molecule has 6 aromatic rings. The van der Waals surface area contributed by atoms with Gasteiger partial charge in [0, 0.05) is 10.0 Å². The zero-order valence-electron chi connectivity index (χ0n) is 20.3. The smallest absolute Gasteiger partial charge is 0.209 e. The third-order valence-electron chi connectivity index (χ3n) is 5.42. The van der Waals surface area contributed by atoms with Crippen LogP contribution in [0, 0.1) is 0 Å². The van der Waals surface area contributed by atoms with Crippen LogP contribution in [0.2, 0.25) is 20.1 Å². The van der Waals surface area contributed by atoms with Gasteiger partial charge < -0.3 is 0 Å². The monoisotopic (exact) mass is 650 g/mol. The van der Waals surface area contributed by atoms with Gasteiger partial charge in [0.25, 0.3) is 0 Å². The van der Waals surface area contributed by atoms with Gasteiger partial charge in [-0.2, -0.15) is 19.8 Å². The van der Waals surface area contributed by atoms with Crippen molar-refractivity contribution in [2.75, 3.05) is 0 Å². The Bertz CT molecular complexity index is 1730. The molecule has 0 radical (unpaired) electrons. The van der Waals surface area contributed by atoms with Crippen molar-refractivity contribution in [1.82, 2.24) is 60.0 Å². The number of aryl methyl sites for hydroxylation is 2. The van der Waals surface area contributed by atoms with Gasteiger partial charge in [-0.15, -0.1) is 20.4 Å². The molecule has 0 aliphatic heterocycles. The topological polar surface area (TPSA) is 123 Å². The van der Waals surface area contributed by atoms with Gasteiger partial charge in [0.2, 0.25) is 11.6 Å². The molecule has 0 saturated heterocycles. The highest BCUT2D eigenvalue weighted by Crippen LogP contribution is 2.46. The van der Waals surface area contributed by atoms with Crippen molar-refractivity contribution in [3.05, 3.63) is 68.9 Å². The lowest BCUT2D eigenvalue weighted by Gasteiger charge is -2.12. The molecule has 0 amide bonds. The van der Waals surface area contributed by atoms with Crippen molar-refractivity contribution in [3.8, 4) is 34.2 Å². The van der Waals surface area contributed by atoms with E-state index in [9.17, 15) is 0 Å². The number of halogens is 4. The summed E-state index contributed by atoms with van der Waals surface area (Å²) in [5.74, 6) is 0.773. The number of benzene rings is 2. The van der Waals surface area contributed by atoms with Crippen LogP contribution < -0.4 is 0 Å². The third-order valence-corrected chi connectivity index (χ3v) is 8.91. The summed E-state index contributed by atoms with van der Waals surface area (Å²) in [5.41, 5.74) is 2.42. The SMILES string of the molecule is Cn1nnc(-c2cnn(-c3cc(Cl)ccc3Cl)c2SSc2c(-c3nnn(C)n3)cnn2-c2cc(Cl)ccc2Cl)n1. The molecular weight excluding hydrogens is 638 g/mol. The molecule has 0 aliphatic carbocycles. The number of tetrazole rings is 2. The van der Waals surface area contributed by atoms with E-state index in [2.05, 4.69) is 41.0 Å². The zero-order valence-corrected chi connectivity index (χ0v) is 25.0. The molecule has 0 N–H and O–H groups in total. The molecule has 6 rings (SSSR count). The summed E-state index contributed by atoms with van der Waals surface area (Å²) >= 11 is 25.7. The van der Waals surface area contributed by atoms with Gasteiger partial charge in [-0.05, 0) is 68.4 Å².